The van der Waals surface area contributed by atoms with Gasteiger partial charge in [-0.3, -0.25) is 9.11 Å². The van der Waals surface area contributed by atoms with Crippen molar-refractivity contribution < 1.29 is 25.9 Å². The summed E-state index contributed by atoms with van der Waals surface area (Å²) in [6, 6.07) is 7.53. The zero-order chi connectivity index (χ0) is 13.6. The first-order valence-corrected chi connectivity index (χ1v) is 7.56. The second kappa shape index (κ2) is 5.88. The van der Waals surface area contributed by atoms with Gasteiger partial charge in [0.05, 0.1) is 0 Å². The van der Waals surface area contributed by atoms with E-state index in [2.05, 4.69) is 0 Å². The van der Waals surface area contributed by atoms with Crippen LogP contribution in [0.2, 0.25) is 0 Å². The Hall–Kier alpha value is 0.156. The second-order valence-electron chi connectivity index (χ2n) is 3.56. The molecule has 0 atom stereocenters. The van der Waals surface area contributed by atoms with Crippen LogP contribution in [0.1, 0.15) is 0 Å². The number of benzene rings is 2. The van der Waals surface area contributed by atoms with Gasteiger partial charge in [0.2, 0.25) is 0 Å². The van der Waals surface area contributed by atoms with Crippen LogP contribution in [0.25, 0.3) is 10.8 Å². The Bertz CT molecular complexity index is 755. The topological polar surface area (TPSA) is 109 Å². The number of hydrogen-bond acceptors (Lipinski definition) is 4. The number of rotatable bonds is 2. The van der Waals surface area contributed by atoms with Gasteiger partial charge in [-0.05, 0) is 12.1 Å². The maximum absolute atomic E-state index is 11.2. The van der Waals surface area contributed by atoms with Crippen molar-refractivity contribution in [2.24, 2.45) is 0 Å². The van der Waals surface area contributed by atoms with Crippen LogP contribution in [-0.4, -0.2) is 77.3 Å². The van der Waals surface area contributed by atoms with Crippen molar-refractivity contribution in [2.45, 2.75) is 9.79 Å². The fourth-order valence-electron chi connectivity index (χ4n) is 1.70. The summed E-state index contributed by atoms with van der Waals surface area (Å²) < 4.78 is 62.7. The van der Waals surface area contributed by atoms with E-state index in [1.54, 1.807) is 0 Å². The summed E-state index contributed by atoms with van der Waals surface area (Å²) >= 11 is 0. The van der Waals surface area contributed by atoms with Gasteiger partial charge < -0.3 is 0 Å². The van der Waals surface area contributed by atoms with E-state index in [9.17, 15) is 16.8 Å². The van der Waals surface area contributed by atoms with Crippen molar-refractivity contribution in [3.05, 3.63) is 36.4 Å². The van der Waals surface area contributed by atoms with E-state index in [1.807, 2.05) is 0 Å². The summed E-state index contributed by atoms with van der Waals surface area (Å²) in [4.78, 5) is -0.823. The summed E-state index contributed by atoms with van der Waals surface area (Å²) in [5.41, 5.74) is 0. The van der Waals surface area contributed by atoms with Crippen LogP contribution in [0.3, 0.4) is 0 Å². The molecule has 19 heavy (non-hydrogen) atoms. The molecule has 0 radical (unpaired) electrons. The fraction of sp³-hybridized carbons (Fsp3) is 0. The molecular formula is C10H9KO6S2. The molecule has 0 amide bonds. The average Bonchev–Trinajstić information content (AvgIpc) is 2.24. The van der Waals surface area contributed by atoms with Crippen LogP contribution in [0, 0.1) is 0 Å². The molecular weight excluding hydrogens is 319 g/mol. The molecule has 98 valence electrons. The van der Waals surface area contributed by atoms with Crippen LogP contribution in [-0.2, 0) is 20.2 Å². The molecule has 9 heteroatoms. The van der Waals surface area contributed by atoms with Crippen LogP contribution < -0.4 is 0 Å². The predicted octanol–water partition coefficient (Wildman–Crippen LogP) is 0.685. The average molecular weight is 328 g/mol. The molecule has 2 aromatic carbocycles. The van der Waals surface area contributed by atoms with E-state index in [4.69, 9.17) is 9.11 Å². The van der Waals surface area contributed by atoms with Crippen molar-refractivity contribution in [1.82, 2.24) is 0 Å². The molecule has 0 spiro atoms. The summed E-state index contributed by atoms with van der Waals surface area (Å²) in [7, 11) is -8.94. The molecule has 0 heterocycles. The molecule has 6 nitrogen and oxygen atoms in total. The molecule has 0 aliphatic carbocycles. The zero-order valence-electron chi connectivity index (χ0n) is 8.81. The fourth-order valence-corrected chi connectivity index (χ4v) is 3.12. The zero-order valence-corrected chi connectivity index (χ0v) is 10.4. The van der Waals surface area contributed by atoms with E-state index in [0.717, 1.165) is 12.1 Å². The van der Waals surface area contributed by atoms with Crippen LogP contribution in [0.4, 0.5) is 0 Å². The third-order valence-corrected chi connectivity index (χ3v) is 4.22. The molecule has 0 saturated heterocycles. The van der Waals surface area contributed by atoms with Crippen molar-refractivity contribution >= 4 is 82.4 Å². The summed E-state index contributed by atoms with van der Waals surface area (Å²) in [5.74, 6) is 0. The Labute approximate surface area is 152 Å². The Morgan fingerprint density at radius 2 is 1.00 bits per heavy atom. The van der Waals surface area contributed by atoms with Gasteiger partial charge in [-0.2, -0.15) is 16.8 Å². The third kappa shape index (κ3) is 3.63. The van der Waals surface area contributed by atoms with E-state index in [-0.39, 0.29) is 62.2 Å². The summed E-state index contributed by atoms with van der Waals surface area (Å²) in [5, 5.41) is 0.0465. The first-order chi connectivity index (χ1) is 8.21. The van der Waals surface area contributed by atoms with E-state index in [0.29, 0.717) is 0 Å². The summed E-state index contributed by atoms with van der Waals surface area (Å²) in [6.07, 6.45) is 0. The Morgan fingerprint density at radius 1 is 0.684 bits per heavy atom. The van der Waals surface area contributed by atoms with Crippen molar-refractivity contribution in [1.29, 1.82) is 0 Å². The van der Waals surface area contributed by atoms with Gasteiger partial charge >= 0.3 is 51.4 Å². The minimum absolute atomic E-state index is 0. The summed E-state index contributed by atoms with van der Waals surface area (Å²) in [6.45, 7) is 0. The Kier molecular flexibility index (Phi) is 5.32. The molecule has 2 N–H and O–H groups in total. The van der Waals surface area contributed by atoms with Crippen LogP contribution in [0.15, 0.2) is 46.2 Å². The molecule has 0 fully saturated rings. The van der Waals surface area contributed by atoms with Gasteiger partial charge in [0.1, 0.15) is 9.79 Å². The molecule has 2 aromatic rings. The molecule has 2 rings (SSSR count). The van der Waals surface area contributed by atoms with E-state index >= 15 is 0 Å². The molecule has 0 aliphatic heterocycles. The van der Waals surface area contributed by atoms with Crippen molar-refractivity contribution in [3.63, 3.8) is 0 Å². The van der Waals surface area contributed by atoms with E-state index in [1.165, 1.54) is 24.3 Å². The minimum atomic E-state index is -4.47. The van der Waals surface area contributed by atoms with Gasteiger partial charge in [-0.25, -0.2) is 0 Å². The van der Waals surface area contributed by atoms with E-state index < -0.39 is 30.0 Å². The molecule has 0 aliphatic rings. The van der Waals surface area contributed by atoms with Gasteiger partial charge in [-0.1, -0.05) is 24.3 Å². The second-order valence-corrected chi connectivity index (χ2v) is 6.34. The molecule has 0 saturated carbocycles. The first-order valence-electron chi connectivity index (χ1n) is 4.68. The Balaban J connectivity index is 0.00000180. The quantitative estimate of drug-likeness (QED) is 0.620. The standard InChI is InChI=1S/C10H8O6S2.K.H/c11-17(12,13)9-5-1-3-7-8(9)4-2-6-10(7)18(14,15)16;;/h1-6H,(H,11,12,13)(H,14,15,16);;. The molecule has 0 bridgehead atoms. The van der Waals surface area contributed by atoms with Gasteiger partial charge in [0, 0.05) is 10.8 Å². The predicted molar refractivity (Wildman–Crippen MR) is 70.7 cm³/mol. The Morgan fingerprint density at radius 3 is 1.26 bits per heavy atom. The van der Waals surface area contributed by atoms with Crippen LogP contribution >= 0.6 is 0 Å². The van der Waals surface area contributed by atoms with Gasteiger partial charge in [-0.15, -0.1) is 0 Å². The first kappa shape index (κ1) is 17.2. The molecule has 0 unspecified atom stereocenters. The normalized spacial score (nSPS) is 12.1. The van der Waals surface area contributed by atoms with Gasteiger partial charge in [0.25, 0.3) is 20.2 Å². The maximum atomic E-state index is 11.2. The number of fused-ring (bicyclic) bond motifs is 1. The third-order valence-electron chi connectivity index (χ3n) is 2.40. The van der Waals surface area contributed by atoms with Gasteiger partial charge in [0.15, 0.2) is 0 Å². The van der Waals surface area contributed by atoms with Crippen molar-refractivity contribution in [2.75, 3.05) is 0 Å². The monoisotopic (exact) mass is 328 g/mol. The molecule has 0 aromatic heterocycles. The number of hydrogen-bond donors (Lipinski definition) is 2. The SMILES string of the molecule is O=S(=O)(O)c1cccc2c(S(=O)(=O)O)cccc12.[KH]. The van der Waals surface area contributed by atoms with Crippen molar-refractivity contribution in [3.8, 4) is 0 Å². The van der Waals surface area contributed by atoms with Crippen LogP contribution in [0.5, 0.6) is 0 Å².